The molecule has 2 aromatic rings. The summed E-state index contributed by atoms with van der Waals surface area (Å²) in [6.45, 7) is 0. The number of halogens is 1. The van der Waals surface area contributed by atoms with Gasteiger partial charge in [-0.2, -0.15) is 0 Å². The van der Waals surface area contributed by atoms with Crippen LogP contribution in [-0.2, 0) is 18.2 Å². The molecule has 1 aromatic carbocycles. The van der Waals surface area contributed by atoms with E-state index in [4.69, 9.17) is 0 Å². The maximum atomic E-state index is 4.50. The highest BCUT2D eigenvalue weighted by atomic mass is 79.9. The van der Waals surface area contributed by atoms with Gasteiger partial charge in [0.1, 0.15) is 11.6 Å². The molecule has 0 N–H and O–H groups in total. The summed E-state index contributed by atoms with van der Waals surface area (Å²) in [5.41, 5.74) is 2.97. The van der Waals surface area contributed by atoms with Gasteiger partial charge in [0.25, 0.3) is 0 Å². The average Bonchev–Trinajstić information content (AvgIpc) is 3.04. The Morgan fingerprint density at radius 2 is 1.79 bits per heavy atom. The van der Waals surface area contributed by atoms with Crippen LogP contribution in [-0.4, -0.2) is 14.8 Å². The molecule has 1 fully saturated rings. The van der Waals surface area contributed by atoms with Crippen LogP contribution in [0, 0.1) is 0 Å². The monoisotopic (exact) mass is 317 g/mol. The van der Waals surface area contributed by atoms with E-state index in [2.05, 4.69) is 55.0 Å². The largest absolute Gasteiger partial charge is 0.311 e. The van der Waals surface area contributed by atoms with Gasteiger partial charge in [-0.1, -0.05) is 40.2 Å². The Bertz CT molecular complexity index is 591. The zero-order chi connectivity index (χ0) is 12.8. The summed E-state index contributed by atoms with van der Waals surface area (Å²) in [5.74, 6) is 2.81. The van der Waals surface area contributed by atoms with Crippen molar-refractivity contribution in [3.63, 3.8) is 0 Å². The van der Waals surface area contributed by atoms with E-state index >= 15 is 0 Å². The normalized spacial score (nSPS) is 18.8. The fourth-order valence-corrected chi connectivity index (χ4v) is 3.56. The first-order chi connectivity index (χ1) is 9.36. The summed E-state index contributed by atoms with van der Waals surface area (Å²) in [4.78, 5) is 0. The van der Waals surface area contributed by atoms with Crippen molar-refractivity contribution in [3.05, 3.63) is 47.0 Å². The minimum Gasteiger partial charge on any atom is -0.311 e. The van der Waals surface area contributed by atoms with E-state index in [0.717, 1.165) is 24.0 Å². The molecule has 4 rings (SSSR count). The zero-order valence-corrected chi connectivity index (χ0v) is 12.3. The molecule has 4 heteroatoms. The molecule has 98 valence electrons. The van der Waals surface area contributed by atoms with E-state index in [1.54, 1.807) is 0 Å². The van der Waals surface area contributed by atoms with Gasteiger partial charge in [0.2, 0.25) is 0 Å². The first kappa shape index (κ1) is 11.6. The van der Waals surface area contributed by atoms with E-state index in [-0.39, 0.29) is 0 Å². The van der Waals surface area contributed by atoms with Gasteiger partial charge in [-0.15, -0.1) is 10.2 Å². The predicted octanol–water partition coefficient (Wildman–Crippen LogP) is 3.39. The van der Waals surface area contributed by atoms with E-state index < -0.39 is 0 Å². The van der Waals surface area contributed by atoms with Gasteiger partial charge in [-0.25, -0.2) is 0 Å². The molecule has 0 saturated heterocycles. The molecule has 0 aliphatic heterocycles. The molecular formula is C15H16BrN3. The smallest absolute Gasteiger partial charge is 0.143 e. The molecule has 2 aliphatic rings. The molecule has 0 amide bonds. The van der Waals surface area contributed by atoms with Gasteiger partial charge >= 0.3 is 0 Å². The molecule has 1 saturated carbocycles. The molecule has 0 spiro atoms. The third-order valence-electron chi connectivity index (χ3n) is 4.24. The van der Waals surface area contributed by atoms with Gasteiger partial charge in [-0.05, 0) is 36.8 Å². The predicted molar refractivity (Wildman–Crippen MR) is 77.5 cm³/mol. The number of rotatable bonds is 3. The number of hydrogen-bond donors (Lipinski definition) is 0. The lowest BCUT2D eigenvalue weighted by Crippen LogP contribution is -2.10. The van der Waals surface area contributed by atoms with Crippen LogP contribution in [0.25, 0.3) is 0 Å². The second-order valence-corrected chi connectivity index (χ2v) is 6.14. The van der Waals surface area contributed by atoms with Gasteiger partial charge < -0.3 is 4.57 Å². The molecular weight excluding hydrogens is 302 g/mol. The number of alkyl halides is 1. The van der Waals surface area contributed by atoms with Gasteiger partial charge in [0.05, 0.1) is 5.33 Å². The fraction of sp³-hybridized carbons (Fsp3) is 0.467. The molecule has 1 aromatic heterocycles. The SMILES string of the molecule is BrCc1nnc(C2Cc3ccccc3C2)n1C1CC1. The lowest BCUT2D eigenvalue weighted by atomic mass is 10.1. The summed E-state index contributed by atoms with van der Waals surface area (Å²) >= 11 is 3.53. The van der Waals surface area contributed by atoms with Gasteiger partial charge in [0, 0.05) is 12.0 Å². The first-order valence-electron chi connectivity index (χ1n) is 6.93. The Morgan fingerprint density at radius 1 is 1.11 bits per heavy atom. The molecule has 0 unspecified atom stereocenters. The highest BCUT2D eigenvalue weighted by Crippen LogP contribution is 2.41. The van der Waals surface area contributed by atoms with Crippen molar-refractivity contribution in [2.24, 2.45) is 0 Å². The third-order valence-corrected chi connectivity index (χ3v) is 4.74. The van der Waals surface area contributed by atoms with Crippen LogP contribution < -0.4 is 0 Å². The Balaban J connectivity index is 1.70. The van der Waals surface area contributed by atoms with E-state index in [1.165, 1.54) is 29.8 Å². The topological polar surface area (TPSA) is 30.7 Å². The average molecular weight is 318 g/mol. The quantitative estimate of drug-likeness (QED) is 0.812. The van der Waals surface area contributed by atoms with Crippen molar-refractivity contribution in [1.29, 1.82) is 0 Å². The van der Waals surface area contributed by atoms with Crippen molar-refractivity contribution < 1.29 is 0 Å². The van der Waals surface area contributed by atoms with Crippen LogP contribution >= 0.6 is 15.9 Å². The number of benzene rings is 1. The number of nitrogens with zero attached hydrogens (tertiary/aromatic N) is 3. The maximum absolute atomic E-state index is 4.50. The minimum atomic E-state index is 0.512. The van der Waals surface area contributed by atoms with Crippen molar-refractivity contribution in [2.45, 2.75) is 43.0 Å². The van der Waals surface area contributed by atoms with Crippen LogP contribution in [0.4, 0.5) is 0 Å². The summed E-state index contributed by atoms with van der Waals surface area (Å²) in [5, 5.41) is 9.67. The Kier molecular flexibility index (Phi) is 2.72. The van der Waals surface area contributed by atoms with Crippen molar-refractivity contribution in [3.8, 4) is 0 Å². The molecule has 1 heterocycles. The fourth-order valence-electron chi connectivity index (χ4n) is 3.18. The minimum absolute atomic E-state index is 0.512. The second kappa shape index (κ2) is 4.44. The molecule has 2 aliphatic carbocycles. The molecule has 19 heavy (non-hydrogen) atoms. The lowest BCUT2D eigenvalue weighted by Gasteiger charge is -2.12. The highest BCUT2D eigenvalue weighted by Gasteiger charge is 2.34. The second-order valence-electron chi connectivity index (χ2n) is 5.58. The molecule has 0 atom stereocenters. The van der Waals surface area contributed by atoms with E-state index in [1.807, 2.05) is 0 Å². The summed E-state index contributed by atoms with van der Waals surface area (Å²) in [6, 6.07) is 9.42. The number of hydrogen-bond acceptors (Lipinski definition) is 2. The number of aromatic nitrogens is 3. The summed E-state index contributed by atoms with van der Waals surface area (Å²) < 4.78 is 2.39. The van der Waals surface area contributed by atoms with Gasteiger partial charge in [-0.3, -0.25) is 0 Å². The highest BCUT2D eigenvalue weighted by molar-refractivity contribution is 9.08. The maximum Gasteiger partial charge on any atom is 0.143 e. The lowest BCUT2D eigenvalue weighted by molar-refractivity contribution is 0.590. The zero-order valence-electron chi connectivity index (χ0n) is 10.7. The van der Waals surface area contributed by atoms with Crippen LogP contribution in [0.5, 0.6) is 0 Å². The summed E-state index contributed by atoms with van der Waals surface area (Å²) in [6.07, 6.45) is 4.79. The van der Waals surface area contributed by atoms with Crippen LogP contribution in [0.1, 0.15) is 47.6 Å². The Labute approximate surface area is 121 Å². The van der Waals surface area contributed by atoms with Gasteiger partial charge in [0.15, 0.2) is 0 Å². The van der Waals surface area contributed by atoms with Crippen molar-refractivity contribution >= 4 is 15.9 Å². The third kappa shape index (κ3) is 1.93. The Morgan fingerprint density at radius 3 is 2.37 bits per heavy atom. The van der Waals surface area contributed by atoms with E-state index in [0.29, 0.717) is 12.0 Å². The first-order valence-corrected chi connectivity index (χ1v) is 8.05. The van der Waals surface area contributed by atoms with Crippen LogP contribution in [0.2, 0.25) is 0 Å². The molecule has 0 radical (unpaired) electrons. The Hall–Kier alpha value is -1.16. The van der Waals surface area contributed by atoms with E-state index in [9.17, 15) is 0 Å². The molecule has 3 nitrogen and oxygen atoms in total. The molecule has 0 bridgehead atoms. The number of fused-ring (bicyclic) bond motifs is 1. The van der Waals surface area contributed by atoms with Crippen LogP contribution in [0.15, 0.2) is 24.3 Å². The summed E-state index contributed by atoms with van der Waals surface area (Å²) in [7, 11) is 0. The van der Waals surface area contributed by atoms with Crippen LogP contribution in [0.3, 0.4) is 0 Å². The van der Waals surface area contributed by atoms with Crippen molar-refractivity contribution in [1.82, 2.24) is 14.8 Å². The standard InChI is InChI=1S/C15H16BrN3/c16-9-14-17-18-15(19(14)13-5-6-13)12-7-10-3-1-2-4-11(10)8-12/h1-4,12-13H,5-9H2. The van der Waals surface area contributed by atoms with Crippen molar-refractivity contribution in [2.75, 3.05) is 0 Å².